The molecule has 0 radical (unpaired) electrons. The van der Waals surface area contributed by atoms with Crippen LogP contribution in [0, 0.1) is 0 Å². The van der Waals surface area contributed by atoms with Crippen molar-refractivity contribution >= 4 is 37.5 Å². The van der Waals surface area contributed by atoms with Gasteiger partial charge in [-0.3, -0.25) is 4.79 Å². The fourth-order valence-corrected chi connectivity index (χ4v) is 5.50. The summed E-state index contributed by atoms with van der Waals surface area (Å²) in [7, 11) is -0.633. The smallest absolute Gasteiger partial charge is 0.279 e. The van der Waals surface area contributed by atoms with Crippen LogP contribution in [0.1, 0.15) is 16.1 Å². The zero-order chi connectivity index (χ0) is 23.4. The molecule has 0 bridgehead atoms. The lowest BCUT2D eigenvalue weighted by Gasteiger charge is -2.16. The third-order valence-electron chi connectivity index (χ3n) is 5.07. The third-order valence-corrected chi connectivity index (χ3v) is 7.95. The van der Waals surface area contributed by atoms with Crippen molar-refractivity contribution in [3.8, 4) is 0 Å². The molecule has 0 unspecified atom stereocenters. The predicted octanol–water partition coefficient (Wildman–Crippen LogP) is 3.50. The fraction of sp³-hybridized carbons (Fsp3) is 0.217. The van der Waals surface area contributed by atoms with Crippen LogP contribution in [-0.2, 0) is 27.8 Å². The van der Waals surface area contributed by atoms with Crippen LogP contribution >= 0.6 is 11.3 Å². The number of hydrogen-bond acceptors (Lipinski definition) is 6. The van der Waals surface area contributed by atoms with Crippen LogP contribution in [0.15, 0.2) is 81.2 Å². The normalized spacial score (nSPS) is 12.6. The van der Waals surface area contributed by atoms with Gasteiger partial charge in [0.25, 0.3) is 5.91 Å². The minimum Gasteiger partial charge on any atom is -0.468 e. The van der Waals surface area contributed by atoms with Gasteiger partial charge in [0.2, 0.25) is 10.0 Å². The lowest BCUT2D eigenvalue weighted by atomic mass is 10.2. The van der Waals surface area contributed by atoms with Gasteiger partial charge >= 0.3 is 0 Å². The van der Waals surface area contributed by atoms with Crippen LogP contribution in [0.5, 0.6) is 0 Å². The molecule has 4 rings (SSSR count). The molecule has 0 N–H and O–H groups in total. The van der Waals surface area contributed by atoms with Crippen LogP contribution in [-0.4, -0.2) is 44.0 Å². The first-order chi connectivity index (χ1) is 15.9. The van der Waals surface area contributed by atoms with Crippen molar-refractivity contribution in [1.82, 2.24) is 8.87 Å². The van der Waals surface area contributed by atoms with E-state index in [9.17, 15) is 13.2 Å². The highest BCUT2D eigenvalue weighted by Crippen LogP contribution is 2.19. The van der Waals surface area contributed by atoms with Crippen molar-refractivity contribution in [3.05, 3.63) is 83.1 Å². The summed E-state index contributed by atoms with van der Waals surface area (Å²) in [6.45, 7) is 1.16. The first-order valence-electron chi connectivity index (χ1n) is 10.2. The number of amides is 1. The van der Waals surface area contributed by atoms with Crippen molar-refractivity contribution in [3.63, 3.8) is 0 Å². The number of carbonyl (C=O) groups excluding carboxylic acids is 1. The van der Waals surface area contributed by atoms with Gasteiger partial charge in [-0.15, -0.1) is 0 Å². The zero-order valence-corrected chi connectivity index (χ0v) is 19.8. The minimum absolute atomic E-state index is 0.0881. The molecule has 0 atom stereocenters. The number of sulfonamides is 1. The summed E-state index contributed by atoms with van der Waals surface area (Å²) in [5.74, 6) is 0.0948. The molecule has 2 heterocycles. The molecule has 1 amide bonds. The topological polar surface area (TPSA) is 94.1 Å². The average molecular weight is 486 g/mol. The molecule has 2 aromatic heterocycles. The van der Waals surface area contributed by atoms with Crippen molar-refractivity contribution in [1.29, 1.82) is 0 Å². The van der Waals surface area contributed by atoms with E-state index in [1.807, 2.05) is 28.8 Å². The summed E-state index contributed by atoms with van der Waals surface area (Å²) in [6, 6.07) is 17.0. The van der Waals surface area contributed by atoms with Crippen molar-refractivity contribution < 1.29 is 22.4 Å². The van der Waals surface area contributed by atoms with Gasteiger partial charge in [-0.1, -0.05) is 23.5 Å². The third kappa shape index (κ3) is 4.98. The van der Waals surface area contributed by atoms with E-state index in [2.05, 4.69) is 4.99 Å². The monoisotopic (exact) mass is 485 g/mol. The number of methoxy groups -OCH3 is 1. The summed E-state index contributed by atoms with van der Waals surface area (Å²) < 4.78 is 40.3. The predicted molar refractivity (Wildman–Crippen MR) is 125 cm³/mol. The number of nitrogens with zero attached hydrogens (tertiary/aromatic N) is 3. The maximum absolute atomic E-state index is 12.8. The maximum Gasteiger partial charge on any atom is 0.279 e. The van der Waals surface area contributed by atoms with E-state index < -0.39 is 15.9 Å². The van der Waals surface area contributed by atoms with Crippen LogP contribution in [0.2, 0.25) is 0 Å². The van der Waals surface area contributed by atoms with Gasteiger partial charge in [0.05, 0.1) is 34.5 Å². The number of benzene rings is 2. The van der Waals surface area contributed by atoms with Gasteiger partial charge in [-0.05, 0) is 48.5 Å². The van der Waals surface area contributed by atoms with Crippen molar-refractivity contribution in [2.75, 3.05) is 20.8 Å². The number of fused-ring (bicyclic) bond motifs is 1. The Balaban J connectivity index is 1.60. The van der Waals surface area contributed by atoms with E-state index in [-0.39, 0.29) is 11.4 Å². The van der Waals surface area contributed by atoms with Crippen LogP contribution in [0.4, 0.5) is 0 Å². The Labute approximate surface area is 195 Å². The van der Waals surface area contributed by atoms with Crippen molar-refractivity contribution in [2.45, 2.75) is 18.0 Å². The molecule has 172 valence electrons. The molecule has 0 saturated heterocycles. The summed E-state index contributed by atoms with van der Waals surface area (Å²) in [5.41, 5.74) is 1.28. The number of para-hydroxylation sites is 1. The van der Waals surface area contributed by atoms with Gasteiger partial charge in [0.15, 0.2) is 4.80 Å². The first-order valence-corrected chi connectivity index (χ1v) is 12.4. The average Bonchev–Trinajstić information content (AvgIpc) is 3.45. The highest BCUT2D eigenvalue weighted by atomic mass is 32.2. The standard InChI is InChI=1S/C23H23N3O5S2/c1-25(16-18-6-5-14-31-18)33(28,29)19-11-9-17(10-12-19)22(27)24-23-26(13-15-30-2)20-7-3-4-8-21(20)32-23/h3-12,14H,13,15-16H2,1-2H3. The van der Waals surface area contributed by atoms with E-state index >= 15 is 0 Å². The molecule has 0 aliphatic heterocycles. The summed E-state index contributed by atoms with van der Waals surface area (Å²) in [4.78, 5) is 17.8. The maximum atomic E-state index is 12.8. The summed E-state index contributed by atoms with van der Waals surface area (Å²) in [5, 5.41) is 0. The molecule has 0 aliphatic rings. The minimum atomic E-state index is -3.74. The molecule has 10 heteroatoms. The van der Waals surface area contributed by atoms with Gasteiger partial charge in [0.1, 0.15) is 5.76 Å². The molecule has 0 spiro atoms. The zero-order valence-electron chi connectivity index (χ0n) is 18.2. The molecule has 4 aromatic rings. The lowest BCUT2D eigenvalue weighted by molar-refractivity contribution is 0.0997. The molecule has 2 aromatic carbocycles. The number of rotatable bonds is 8. The second-order valence-electron chi connectivity index (χ2n) is 7.28. The number of carbonyl (C=O) groups is 1. The van der Waals surface area contributed by atoms with Crippen LogP contribution in [0.25, 0.3) is 10.2 Å². The number of aromatic nitrogens is 1. The fourth-order valence-electron chi connectivity index (χ4n) is 3.31. The quantitative estimate of drug-likeness (QED) is 0.381. The van der Waals surface area contributed by atoms with E-state index in [0.29, 0.717) is 29.3 Å². The lowest BCUT2D eigenvalue weighted by Crippen LogP contribution is -2.26. The number of furan rings is 1. The second kappa shape index (κ2) is 9.84. The van der Waals surface area contributed by atoms with E-state index in [1.54, 1.807) is 19.2 Å². The molecule has 33 heavy (non-hydrogen) atoms. The summed E-state index contributed by atoms with van der Waals surface area (Å²) in [6.07, 6.45) is 1.50. The first kappa shape index (κ1) is 23.1. The SMILES string of the molecule is COCCn1c(=NC(=O)c2ccc(S(=O)(=O)N(C)Cc3ccco3)cc2)sc2ccccc21. The highest BCUT2D eigenvalue weighted by molar-refractivity contribution is 7.89. The number of ether oxygens (including phenoxy) is 1. The molecule has 0 aliphatic carbocycles. The number of thiazole rings is 1. The Kier molecular flexibility index (Phi) is 6.89. The molecular weight excluding hydrogens is 462 g/mol. The second-order valence-corrected chi connectivity index (χ2v) is 10.3. The van der Waals surface area contributed by atoms with Gasteiger partial charge < -0.3 is 13.7 Å². The Morgan fingerprint density at radius 3 is 2.58 bits per heavy atom. The Bertz CT molecular complexity index is 1420. The van der Waals surface area contributed by atoms with E-state index in [1.165, 1.54) is 53.2 Å². The Morgan fingerprint density at radius 2 is 1.88 bits per heavy atom. The largest absolute Gasteiger partial charge is 0.468 e. The van der Waals surface area contributed by atoms with E-state index in [0.717, 1.165) is 10.2 Å². The molecule has 8 nitrogen and oxygen atoms in total. The van der Waals surface area contributed by atoms with Gasteiger partial charge in [-0.2, -0.15) is 9.30 Å². The number of hydrogen-bond donors (Lipinski definition) is 0. The van der Waals surface area contributed by atoms with E-state index in [4.69, 9.17) is 9.15 Å². The van der Waals surface area contributed by atoms with Gasteiger partial charge in [-0.25, -0.2) is 8.42 Å². The molecule has 0 saturated carbocycles. The van der Waals surface area contributed by atoms with Crippen molar-refractivity contribution in [2.24, 2.45) is 4.99 Å². The Morgan fingerprint density at radius 1 is 1.12 bits per heavy atom. The molecular formula is C23H23N3O5S2. The Hall–Kier alpha value is -3.05. The highest BCUT2D eigenvalue weighted by Gasteiger charge is 2.22. The summed E-state index contributed by atoms with van der Waals surface area (Å²) >= 11 is 1.42. The van der Waals surface area contributed by atoms with Gasteiger partial charge in [0, 0.05) is 26.3 Å². The van der Waals surface area contributed by atoms with Crippen LogP contribution < -0.4 is 4.80 Å². The molecule has 0 fully saturated rings. The van der Waals surface area contributed by atoms with Crippen LogP contribution in [0.3, 0.4) is 0 Å².